The highest BCUT2D eigenvalue weighted by molar-refractivity contribution is 5.76. The Morgan fingerprint density at radius 3 is 2.53 bits per heavy atom. The van der Waals surface area contributed by atoms with E-state index in [1.54, 1.807) is 0 Å². The highest BCUT2D eigenvalue weighted by Gasteiger charge is 2.14. The second kappa shape index (κ2) is 7.40. The number of hydrogen-bond donors (Lipinski definition) is 1. The predicted molar refractivity (Wildman–Crippen MR) is 58.6 cm³/mol. The third kappa shape index (κ3) is 11.0. The van der Waals surface area contributed by atoms with Crippen molar-refractivity contribution in [3.05, 3.63) is 0 Å². The van der Waals surface area contributed by atoms with Gasteiger partial charge < -0.3 is 14.8 Å². The minimum atomic E-state index is 0.0163. The van der Waals surface area contributed by atoms with Crippen LogP contribution in [0.25, 0.3) is 0 Å². The summed E-state index contributed by atoms with van der Waals surface area (Å²) in [6, 6.07) is 0. The number of hydrogen-bond acceptors (Lipinski definition) is 3. The molecule has 88 valence electrons. The Hall–Kier alpha value is -0.900. The highest BCUT2D eigenvalue weighted by atomic mass is 16.5. The quantitative estimate of drug-likeness (QED) is 0.512. The van der Waals surface area contributed by atoms with Crippen molar-refractivity contribution in [3.63, 3.8) is 0 Å². The van der Waals surface area contributed by atoms with Crippen molar-refractivity contribution in [1.82, 2.24) is 5.32 Å². The van der Waals surface area contributed by atoms with Crippen LogP contribution in [-0.2, 0) is 14.3 Å². The molecule has 0 unspecified atom stereocenters. The van der Waals surface area contributed by atoms with Gasteiger partial charge in [0.1, 0.15) is 6.29 Å². The van der Waals surface area contributed by atoms with Crippen LogP contribution < -0.4 is 5.32 Å². The largest absolute Gasteiger partial charge is 0.379 e. The Labute approximate surface area is 91.4 Å². The van der Waals surface area contributed by atoms with Crippen LogP contribution in [0.4, 0.5) is 0 Å². The predicted octanol–water partition coefficient (Wildman–Crippen LogP) is 1.14. The lowest BCUT2D eigenvalue weighted by molar-refractivity contribution is -0.123. The molecule has 0 aromatic rings. The van der Waals surface area contributed by atoms with Crippen molar-refractivity contribution < 1.29 is 14.3 Å². The molecular weight excluding hydrogens is 194 g/mol. The summed E-state index contributed by atoms with van der Waals surface area (Å²) in [7, 11) is 0. The third-order valence-electron chi connectivity index (χ3n) is 1.64. The van der Waals surface area contributed by atoms with E-state index < -0.39 is 0 Å². The normalized spacial score (nSPS) is 11.1. The molecule has 0 aromatic carbocycles. The lowest BCUT2D eigenvalue weighted by Gasteiger charge is -2.17. The number of aldehydes is 1. The first-order valence-corrected chi connectivity index (χ1v) is 5.24. The number of carbonyl (C=O) groups is 2. The summed E-state index contributed by atoms with van der Waals surface area (Å²) in [5, 5.41) is 2.76. The minimum absolute atomic E-state index is 0.0163. The fourth-order valence-corrected chi connectivity index (χ4v) is 1.04. The molecule has 0 rings (SSSR count). The second-order valence-electron chi connectivity index (χ2n) is 4.66. The second-order valence-corrected chi connectivity index (χ2v) is 4.66. The van der Waals surface area contributed by atoms with Gasteiger partial charge in [0, 0.05) is 19.4 Å². The number of amides is 1. The molecule has 0 fully saturated rings. The summed E-state index contributed by atoms with van der Waals surface area (Å²) in [6.07, 6.45) is 1.75. The van der Waals surface area contributed by atoms with E-state index in [0.717, 1.165) is 6.29 Å². The van der Waals surface area contributed by atoms with Crippen molar-refractivity contribution in [2.45, 2.75) is 33.6 Å². The number of carbonyl (C=O) groups excluding carboxylic acids is 2. The topological polar surface area (TPSA) is 55.4 Å². The van der Waals surface area contributed by atoms with Gasteiger partial charge in [0.05, 0.1) is 13.2 Å². The smallest absolute Gasteiger partial charge is 0.220 e. The summed E-state index contributed by atoms with van der Waals surface area (Å²) in [5.41, 5.74) is 0.0163. The van der Waals surface area contributed by atoms with Gasteiger partial charge in [-0.1, -0.05) is 20.8 Å². The molecule has 0 radical (unpaired) electrons. The van der Waals surface area contributed by atoms with E-state index in [9.17, 15) is 9.59 Å². The molecular formula is C11H21NO3. The van der Waals surface area contributed by atoms with Gasteiger partial charge in [-0.3, -0.25) is 4.79 Å². The molecule has 0 aliphatic carbocycles. The average Bonchev–Trinajstić information content (AvgIpc) is 2.08. The Bertz CT molecular complexity index is 196. The van der Waals surface area contributed by atoms with Crippen molar-refractivity contribution in [1.29, 1.82) is 0 Å². The van der Waals surface area contributed by atoms with Crippen LogP contribution in [-0.4, -0.2) is 32.0 Å². The Balaban J connectivity index is 3.36. The standard InChI is InChI=1S/C11H21NO3/c1-11(2,3)9-10(14)12-5-8-15-7-4-6-13/h6H,4-5,7-9H2,1-3H3,(H,12,14). The molecule has 0 aliphatic heterocycles. The van der Waals surface area contributed by atoms with Crippen LogP contribution in [0.5, 0.6) is 0 Å². The zero-order chi connectivity index (χ0) is 11.7. The van der Waals surface area contributed by atoms with Gasteiger partial charge >= 0.3 is 0 Å². The molecule has 0 saturated carbocycles. The fraction of sp³-hybridized carbons (Fsp3) is 0.818. The molecule has 15 heavy (non-hydrogen) atoms. The van der Waals surface area contributed by atoms with E-state index in [1.165, 1.54) is 0 Å². The van der Waals surface area contributed by atoms with Crippen molar-refractivity contribution in [3.8, 4) is 0 Å². The summed E-state index contributed by atoms with van der Waals surface area (Å²) in [5.74, 6) is 0.0430. The summed E-state index contributed by atoms with van der Waals surface area (Å²) >= 11 is 0. The minimum Gasteiger partial charge on any atom is -0.379 e. The first-order valence-electron chi connectivity index (χ1n) is 5.24. The van der Waals surface area contributed by atoms with Crippen molar-refractivity contribution in [2.24, 2.45) is 5.41 Å². The lowest BCUT2D eigenvalue weighted by atomic mass is 9.92. The first kappa shape index (κ1) is 14.1. The molecule has 1 N–H and O–H groups in total. The van der Waals surface area contributed by atoms with Crippen LogP contribution in [0.1, 0.15) is 33.6 Å². The molecule has 0 aliphatic rings. The maximum absolute atomic E-state index is 11.3. The number of nitrogens with one attached hydrogen (secondary N) is 1. The Morgan fingerprint density at radius 2 is 2.00 bits per heavy atom. The van der Waals surface area contributed by atoms with E-state index in [-0.39, 0.29) is 11.3 Å². The Kier molecular flexibility index (Phi) is 6.96. The van der Waals surface area contributed by atoms with Gasteiger partial charge in [-0.05, 0) is 5.41 Å². The zero-order valence-corrected chi connectivity index (χ0v) is 9.84. The van der Waals surface area contributed by atoms with Crippen molar-refractivity contribution >= 4 is 12.2 Å². The van der Waals surface area contributed by atoms with E-state index in [1.807, 2.05) is 20.8 Å². The molecule has 0 heterocycles. The summed E-state index contributed by atoms with van der Waals surface area (Å²) in [6.45, 7) is 7.46. The van der Waals surface area contributed by atoms with Gasteiger partial charge in [0.15, 0.2) is 0 Å². The van der Waals surface area contributed by atoms with Crippen LogP contribution in [0.15, 0.2) is 0 Å². The van der Waals surface area contributed by atoms with Gasteiger partial charge in [-0.25, -0.2) is 0 Å². The van der Waals surface area contributed by atoms with Gasteiger partial charge in [-0.15, -0.1) is 0 Å². The maximum atomic E-state index is 11.3. The Morgan fingerprint density at radius 1 is 1.33 bits per heavy atom. The van der Waals surface area contributed by atoms with Crippen LogP contribution >= 0.6 is 0 Å². The molecule has 1 amide bonds. The molecule has 4 heteroatoms. The highest BCUT2D eigenvalue weighted by Crippen LogP contribution is 2.17. The first-order chi connectivity index (χ1) is 6.95. The van der Waals surface area contributed by atoms with E-state index in [0.29, 0.717) is 32.6 Å². The molecule has 0 atom stereocenters. The summed E-state index contributed by atoms with van der Waals surface area (Å²) in [4.78, 5) is 21.3. The maximum Gasteiger partial charge on any atom is 0.220 e. The van der Waals surface area contributed by atoms with E-state index in [4.69, 9.17) is 4.74 Å². The molecule has 0 spiro atoms. The van der Waals surface area contributed by atoms with E-state index in [2.05, 4.69) is 5.32 Å². The monoisotopic (exact) mass is 215 g/mol. The van der Waals surface area contributed by atoms with Crippen LogP contribution in [0.3, 0.4) is 0 Å². The number of rotatable bonds is 7. The van der Waals surface area contributed by atoms with Gasteiger partial charge in [0.25, 0.3) is 0 Å². The third-order valence-corrected chi connectivity index (χ3v) is 1.64. The fourth-order valence-electron chi connectivity index (χ4n) is 1.04. The average molecular weight is 215 g/mol. The van der Waals surface area contributed by atoms with Gasteiger partial charge in [0.2, 0.25) is 5.91 Å². The molecule has 0 saturated heterocycles. The zero-order valence-electron chi connectivity index (χ0n) is 9.84. The molecule has 4 nitrogen and oxygen atoms in total. The van der Waals surface area contributed by atoms with Crippen LogP contribution in [0, 0.1) is 5.41 Å². The lowest BCUT2D eigenvalue weighted by Crippen LogP contribution is -2.30. The summed E-state index contributed by atoms with van der Waals surface area (Å²) < 4.78 is 5.11. The van der Waals surface area contributed by atoms with Gasteiger partial charge in [-0.2, -0.15) is 0 Å². The van der Waals surface area contributed by atoms with E-state index >= 15 is 0 Å². The SMILES string of the molecule is CC(C)(C)CC(=O)NCCOCCC=O. The molecule has 0 aromatic heterocycles. The van der Waals surface area contributed by atoms with Crippen LogP contribution in [0.2, 0.25) is 0 Å². The molecule has 0 bridgehead atoms. The number of ether oxygens (including phenoxy) is 1. The van der Waals surface area contributed by atoms with Crippen molar-refractivity contribution in [2.75, 3.05) is 19.8 Å².